The fourth-order valence-electron chi connectivity index (χ4n) is 5.50. The van der Waals surface area contributed by atoms with Gasteiger partial charge < -0.3 is 4.57 Å². The lowest BCUT2D eigenvalue weighted by Crippen LogP contribution is -2.02. The first kappa shape index (κ1) is 20.7. The van der Waals surface area contributed by atoms with Gasteiger partial charge in [-0.2, -0.15) is 0 Å². The second-order valence-electron chi connectivity index (χ2n) is 9.41. The fraction of sp³-hybridized carbons (Fsp3) is 0.152. The van der Waals surface area contributed by atoms with E-state index in [0.29, 0.717) is 5.92 Å². The summed E-state index contributed by atoms with van der Waals surface area (Å²) in [5.41, 5.74) is 7.92. The van der Waals surface area contributed by atoms with E-state index >= 15 is 0 Å². The Balaban J connectivity index is 1.76. The maximum Gasteiger partial charge on any atom is 0.0578 e. The Hall–Kier alpha value is -3.84. The molecular weight excluding hydrogens is 410 g/mol. The molecule has 0 radical (unpaired) electrons. The van der Waals surface area contributed by atoms with Gasteiger partial charge in [-0.05, 0) is 70.1 Å². The van der Waals surface area contributed by atoms with Crippen molar-refractivity contribution in [3.8, 4) is 16.9 Å². The molecule has 1 nitrogen and oxygen atoms in total. The average Bonchev–Trinajstić information content (AvgIpc) is 3.23. The average molecular weight is 440 g/mol. The van der Waals surface area contributed by atoms with Gasteiger partial charge in [0.2, 0.25) is 0 Å². The minimum absolute atomic E-state index is 0.451. The van der Waals surface area contributed by atoms with Gasteiger partial charge >= 0.3 is 0 Å². The number of nitrogens with zero attached hydrogens (tertiary/aromatic N) is 1. The minimum Gasteiger partial charge on any atom is -0.309 e. The molecule has 166 valence electrons. The van der Waals surface area contributed by atoms with Crippen LogP contribution in [0, 0.1) is 6.92 Å². The van der Waals surface area contributed by atoms with E-state index in [1.165, 1.54) is 60.5 Å². The molecule has 1 heterocycles. The number of aryl methyl sites for hydroxylation is 1. The maximum atomic E-state index is 2.50. The van der Waals surface area contributed by atoms with E-state index in [-0.39, 0.29) is 0 Å². The molecule has 0 aliphatic rings. The quantitative estimate of drug-likeness (QED) is 0.258. The van der Waals surface area contributed by atoms with E-state index in [1.54, 1.807) is 0 Å². The van der Waals surface area contributed by atoms with Crippen molar-refractivity contribution < 1.29 is 0 Å². The van der Waals surface area contributed by atoms with E-state index in [1.807, 2.05) is 0 Å². The van der Waals surface area contributed by atoms with Crippen molar-refractivity contribution in [3.63, 3.8) is 0 Å². The highest BCUT2D eigenvalue weighted by molar-refractivity contribution is 5.99. The molecule has 0 N–H and O–H groups in total. The zero-order chi connectivity index (χ0) is 23.2. The second-order valence-corrected chi connectivity index (χ2v) is 9.41. The zero-order valence-electron chi connectivity index (χ0n) is 20.0. The molecule has 1 heteroatoms. The first-order chi connectivity index (χ1) is 16.7. The number of benzene rings is 5. The Morgan fingerprint density at radius 3 is 2.12 bits per heavy atom. The topological polar surface area (TPSA) is 4.93 Å². The standard InChI is InChI=1S/C33H29N/c1-4-22(2)32-30-15-9-10-16-31(30)34(27-19-17-24-11-5-6-13-26(24)21-27)33(32)29-20-18-25-12-7-8-14-28(25)23(29)3/h5-22H,4H2,1-3H3. The molecule has 1 aromatic heterocycles. The highest BCUT2D eigenvalue weighted by Crippen LogP contribution is 2.43. The van der Waals surface area contributed by atoms with Crippen LogP contribution in [0.25, 0.3) is 49.4 Å². The molecule has 0 aliphatic carbocycles. The van der Waals surface area contributed by atoms with E-state index in [2.05, 4.69) is 128 Å². The first-order valence-corrected chi connectivity index (χ1v) is 12.3. The van der Waals surface area contributed by atoms with Gasteiger partial charge in [0.25, 0.3) is 0 Å². The molecule has 0 saturated heterocycles. The summed E-state index contributed by atoms with van der Waals surface area (Å²) in [7, 11) is 0. The predicted molar refractivity (Wildman–Crippen MR) is 147 cm³/mol. The summed E-state index contributed by atoms with van der Waals surface area (Å²) in [5, 5.41) is 6.51. The number of hydrogen-bond donors (Lipinski definition) is 0. The molecule has 0 spiro atoms. The summed E-state index contributed by atoms with van der Waals surface area (Å²) < 4.78 is 2.50. The van der Waals surface area contributed by atoms with Gasteiger partial charge in [0, 0.05) is 16.6 Å². The number of fused-ring (bicyclic) bond motifs is 3. The maximum absolute atomic E-state index is 2.50. The lowest BCUT2D eigenvalue weighted by molar-refractivity contribution is 0.739. The molecule has 0 fully saturated rings. The van der Waals surface area contributed by atoms with Crippen LogP contribution in [0.1, 0.15) is 37.3 Å². The van der Waals surface area contributed by atoms with Gasteiger partial charge in [-0.15, -0.1) is 0 Å². The van der Waals surface area contributed by atoms with Crippen molar-refractivity contribution in [2.24, 2.45) is 0 Å². The van der Waals surface area contributed by atoms with Gasteiger partial charge in [0.15, 0.2) is 0 Å². The first-order valence-electron chi connectivity index (χ1n) is 12.3. The number of hydrogen-bond acceptors (Lipinski definition) is 0. The Morgan fingerprint density at radius 2 is 1.32 bits per heavy atom. The SMILES string of the molecule is CCC(C)c1c(-c2ccc3ccccc3c2C)n(-c2ccc3ccccc3c2)c2ccccc12. The second kappa shape index (κ2) is 8.18. The Bertz CT molecular complexity index is 1670. The lowest BCUT2D eigenvalue weighted by Gasteiger charge is -2.19. The predicted octanol–water partition coefficient (Wildman–Crippen LogP) is 9.43. The highest BCUT2D eigenvalue weighted by atomic mass is 15.0. The third kappa shape index (κ3) is 3.15. The van der Waals surface area contributed by atoms with Crippen LogP contribution in [0.2, 0.25) is 0 Å². The Kier molecular flexibility index (Phi) is 4.99. The summed E-state index contributed by atoms with van der Waals surface area (Å²) in [6.07, 6.45) is 1.10. The minimum atomic E-state index is 0.451. The van der Waals surface area contributed by atoms with E-state index in [0.717, 1.165) is 6.42 Å². The summed E-state index contributed by atoms with van der Waals surface area (Å²) >= 11 is 0. The van der Waals surface area contributed by atoms with Crippen LogP contribution in [-0.4, -0.2) is 4.57 Å². The van der Waals surface area contributed by atoms with Crippen molar-refractivity contribution >= 4 is 32.4 Å². The van der Waals surface area contributed by atoms with Gasteiger partial charge in [0.1, 0.15) is 0 Å². The lowest BCUT2D eigenvalue weighted by atomic mass is 9.90. The van der Waals surface area contributed by atoms with Crippen LogP contribution in [-0.2, 0) is 0 Å². The highest BCUT2D eigenvalue weighted by Gasteiger charge is 2.24. The molecule has 34 heavy (non-hydrogen) atoms. The van der Waals surface area contributed by atoms with Gasteiger partial charge in [0.05, 0.1) is 11.2 Å². The van der Waals surface area contributed by atoms with E-state index < -0.39 is 0 Å². The van der Waals surface area contributed by atoms with Crippen molar-refractivity contribution in [2.45, 2.75) is 33.1 Å². The monoisotopic (exact) mass is 439 g/mol. The molecule has 1 atom stereocenters. The zero-order valence-corrected chi connectivity index (χ0v) is 20.0. The van der Waals surface area contributed by atoms with Crippen molar-refractivity contribution in [1.82, 2.24) is 4.57 Å². The van der Waals surface area contributed by atoms with Gasteiger partial charge in [-0.25, -0.2) is 0 Å². The smallest absolute Gasteiger partial charge is 0.0578 e. The van der Waals surface area contributed by atoms with Crippen LogP contribution >= 0.6 is 0 Å². The van der Waals surface area contributed by atoms with Crippen LogP contribution in [0.3, 0.4) is 0 Å². The largest absolute Gasteiger partial charge is 0.309 e. The number of aromatic nitrogens is 1. The molecular formula is C33H29N. The molecule has 6 rings (SSSR count). The van der Waals surface area contributed by atoms with Gasteiger partial charge in [-0.1, -0.05) is 98.8 Å². The van der Waals surface area contributed by atoms with Crippen LogP contribution in [0.4, 0.5) is 0 Å². The molecule has 0 aliphatic heterocycles. The van der Waals surface area contributed by atoms with Crippen LogP contribution in [0.15, 0.2) is 103 Å². The molecule has 6 aromatic rings. The molecule has 1 unspecified atom stereocenters. The molecule has 0 saturated carbocycles. The fourth-order valence-corrected chi connectivity index (χ4v) is 5.50. The van der Waals surface area contributed by atoms with Crippen LogP contribution in [0.5, 0.6) is 0 Å². The molecule has 0 amide bonds. The number of rotatable bonds is 4. The Labute approximate surface area is 201 Å². The Morgan fingerprint density at radius 1 is 0.676 bits per heavy atom. The van der Waals surface area contributed by atoms with Gasteiger partial charge in [-0.3, -0.25) is 0 Å². The van der Waals surface area contributed by atoms with Crippen LogP contribution < -0.4 is 0 Å². The summed E-state index contributed by atoms with van der Waals surface area (Å²) in [5.74, 6) is 0.451. The van der Waals surface area contributed by atoms with Crippen molar-refractivity contribution in [1.29, 1.82) is 0 Å². The van der Waals surface area contributed by atoms with E-state index in [9.17, 15) is 0 Å². The summed E-state index contributed by atoms with van der Waals surface area (Å²) in [6, 6.07) is 37.7. The molecule has 5 aromatic carbocycles. The number of para-hydroxylation sites is 1. The van der Waals surface area contributed by atoms with E-state index in [4.69, 9.17) is 0 Å². The summed E-state index contributed by atoms with van der Waals surface area (Å²) in [6.45, 7) is 6.94. The third-order valence-corrected chi connectivity index (χ3v) is 7.46. The van der Waals surface area contributed by atoms with Crippen molar-refractivity contribution in [2.75, 3.05) is 0 Å². The third-order valence-electron chi connectivity index (χ3n) is 7.46. The van der Waals surface area contributed by atoms with Crippen molar-refractivity contribution in [3.05, 3.63) is 114 Å². The normalized spacial score (nSPS) is 12.6. The summed E-state index contributed by atoms with van der Waals surface area (Å²) in [4.78, 5) is 0. The molecule has 0 bridgehead atoms.